The van der Waals surface area contributed by atoms with Gasteiger partial charge in [-0.2, -0.15) is 0 Å². The van der Waals surface area contributed by atoms with Crippen LogP contribution >= 0.6 is 35.3 Å². The zero-order valence-electron chi connectivity index (χ0n) is 16.3. The van der Waals surface area contributed by atoms with E-state index in [4.69, 9.17) is 23.2 Å². The number of nitrogens with one attached hydrogen (secondary N) is 3. The molecule has 2 aliphatic heterocycles. The lowest BCUT2D eigenvalue weighted by atomic mass is 9.97. The van der Waals surface area contributed by atoms with Gasteiger partial charge in [0.2, 0.25) is 5.91 Å². The molecule has 3 N–H and O–H groups in total. The van der Waals surface area contributed by atoms with Gasteiger partial charge < -0.3 is 19.9 Å². The number of carbonyl (C=O) groups excluding carboxylic acids is 2. The second-order valence-corrected chi connectivity index (χ2v) is 9.21. The highest BCUT2D eigenvalue weighted by atomic mass is 35.5. The Labute approximate surface area is 183 Å². The number of carbonyl (C=O) groups is 2. The van der Waals surface area contributed by atoms with Crippen LogP contribution in [0, 0.1) is 5.92 Å². The van der Waals surface area contributed by atoms with Gasteiger partial charge in [0, 0.05) is 57.7 Å². The maximum absolute atomic E-state index is 12.1. The van der Waals surface area contributed by atoms with Crippen LogP contribution in [0.3, 0.4) is 0 Å². The van der Waals surface area contributed by atoms with Gasteiger partial charge in [-0.3, -0.25) is 9.59 Å². The van der Waals surface area contributed by atoms with E-state index >= 15 is 0 Å². The minimum atomic E-state index is -0.284. The maximum Gasteiger partial charge on any atom is 0.269 e. The highest BCUT2D eigenvalue weighted by molar-refractivity contribution is 7.98. The van der Waals surface area contributed by atoms with Crippen LogP contribution < -0.4 is 10.0 Å². The highest BCUT2D eigenvalue weighted by Crippen LogP contribution is 2.43. The number of rotatable bonds is 3. The molecular weight excluding hydrogens is 433 g/mol. The molecule has 2 aliphatic rings. The molecule has 7 nitrogen and oxygen atoms in total. The minimum absolute atomic E-state index is 0.147. The van der Waals surface area contributed by atoms with Gasteiger partial charge in [0.05, 0.1) is 21.2 Å². The number of nitrogens with zero attached hydrogens (tertiary/aromatic N) is 2. The molecule has 1 unspecified atom stereocenters. The largest absolute Gasteiger partial charge is 0.354 e. The third-order valence-electron chi connectivity index (χ3n) is 5.55. The zero-order valence-corrected chi connectivity index (χ0v) is 18.6. The molecular formula is C19H23Cl2N5O2S. The molecule has 4 rings (SSSR count). The van der Waals surface area contributed by atoms with Crippen molar-refractivity contribution in [2.75, 3.05) is 31.4 Å². The first-order chi connectivity index (χ1) is 13.9. The summed E-state index contributed by atoms with van der Waals surface area (Å²) in [5, 5.41) is 4.08. The number of anilines is 1. The first-order valence-corrected chi connectivity index (χ1v) is 11.1. The summed E-state index contributed by atoms with van der Waals surface area (Å²) in [6, 6.07) is 1.91. The van der Waals surface area contributed by atoms with Crippen LogP contribution in [0.4, 0.5) is 5.69 Å². The number of piperidine rings is 1. The molecule has 10 heteroatoms. The molecule has 2 aromatic rings. The summed E-state index contributed by atoms with van der Waals surface area (Å²) in [5.74, 6) is 0.310. The fraction of sp³-hybridized carbons (Fsp3) is 0.474. The fourth-order valence-corrected chi connectivity index (χ4v) is 5.73. The number of hydrogen-bond acceptors (Lipinski definition) is 5. The Kier molecular flexibility index (Phi) is 5.88. The van der Waals surface area contributed by atoms with Crippen LogP contribution in [0.25, 0.3) is 10.9 Å². The van der Waals surface area contributed by atoms with Gasteiger partial charge in [-0.25, -0.2) is 4.31 Å². The first kappa shape index (κ1) is 20.7. The molecule has 0 aliphatic carbocycles. The lowest BCUT2D eigenvalue weighted by Gasteiger charge is -2.36. The fourth-order valence-electron chi connectivity index (χ4n) is 4.09. The minimum Gasteiger partial charge on any atom is -0.354 e. The molecule has 3 heterocycles. The lowest BCUT2D eigenvalue weighted by Crippen LogP contribution is -2.42. The van der Waals surface area contributed by atoms with Gasteiger partial charge in [0.15, 0.2) is 0 Å². The van der Waals surface area contributed by atoms with Crippen LogP contribution in [0.5, 0.6) is 0 Å². The topological polar surface area (TPSA) is 80.5 Å². The van der Waals surface area contributed by atoms with Crippen LogP contribution in [-0.2, 0) is 11.3 Å². The predicted molar refractivity (Wildman–Crippen MR) is 118 cm³/mol. The van der Waals surface area contributed by atoms with Crippen molar-refractivity contribution in [2.24, 2.45) is 5.92 Å². The number of hydrogen-bond donors (Lipinski definition) is 3. The van der Waals surface area contributed by atoms with Crippen molar-refractivity contribution in [3.8, 4) is 0 Å². The summed E-state index contributed by atoms with van der Waals surface area (Å²) in [6.07, 6.45) is 2.16. The Hall–Kier alpha value is -1.61. The summed E-state index contributed by atoms with van der Waals surface area (Å²) >= 11 is 14.5. The van der Waals surface area contributed by atoms with Crippen molar-refractivity contribution in [1.82, 2.24) is 19.5 Å². The van der Waals surface area contributed by atoms with E-state index in [-0.39, 0.29) is 11.8 Å². The van der Waals surface area contributed by atoms with E-state index < -0.39 is 0 Å². The number of fused-ring (bicyclic) bond motifs is 3. The van der Waals surface area contributed by atoms with Crippen LogP contribution in [-0.4, -0.2) is 52.7 Å². The molecule has 0 bridgehead atoms. The lowest BCUT2D eigenvalue weighted by molar-refractivity contribution is -0.130. The second-order valence-electron chi connectivity index (χ2n) is 7.52. The van der Waals surface area contributed by atoms with Crippen molar-refractivity contribution in [3.05, 3.63) is 27.4 Å². The van der Waals surface area contributed by atoms with Gasteiger partial charge >= 0.3 is 0 Å². The molecule has 156 valence electrons. The van der Waals surface area contributed by atoms with Crippen molar-refractivity contribution in [2.45, 2.75) is 26.3 Å². The van der Waals surface area contributed by atoms with Crippen LogP contribution in [0.1, 0.15) is 35.8 Å². The molecule has 29 heavy (non-hydrogen) atoms. The summed E-state index contributed by atoms with van der Waals surface area (Å²) in [6.45, 7) is 4.89. The van der Waals surface area contributed by atoms with Crippen LogP contribution in [0.15, 0.2) is 6.07 Å². The predicted octanol–water partition coefficient (Wildman–Crippen LogP) is 3.88. The Bertz CT molecular complexity index is 979. The number of benzene rings is 1. The molecule has 0 spiro atoms. The van der Waals surface area contributed by atoms with Crippen LogP contribution in [0.2, 0.25) is 10.0 Å². The number of likely N-dealkylation sites (tertiary alicyclic amines) is 1. The average molecular weight is 456 g/mol. The van der Waals surface area contributed by atoms with Gasteiger partial charge in [-0.05, 0) is 30.4 Å². The van der Waals surface area contributed by atoms with Gasteiger partial charge in [0.1, 0.15) is 5.69 Å². The molecule has 1 saturated heterocycles. The van der Waals surface area contributed by atoms with Crippen molar-refractivity contribution in [3.63, 3.8) is 0 Å². The van der Waals surface area contributed by atoms with Gasteiger partial charge in [-0.15, -0.1) is 0 Å². The maximum atomic E-state index is 12.1. The quantitative estimate of drug-likeness (QED) is 0.611. The van der Waals surface area contributed by atoms with Gasteiger partial charge in [-0.1, -0.05) is 23.2 Å². The smallest absolute Gasteiger partial charge is 0.269 e. The summed E-state index contributed by atoms with van der Waals surface area (Å²) in [4.78, 5) is 28.9. The molecule has 1 aromatic heterocycles. The number of aromatic amines is 1. The Morgan fingerprint density at radius 3 is 2.90 bits per heavy atom. The Balaban J connectivity index is 1.57. The second kappa shape index (κ2) is 8.26. The monoisotopic (exact) mass is 455 g/mol. The van der Waals surface area contributed by atoms with E-state index in [1.165, 1.54) is 12.1 Å². The number of amides is 2. The van der Waals surface area contributed by atoms with E-state index in [2.05, 4.69) is 19.3 Å². The van der Waals surface area contributed by atoms with Crippen molar-refractivity contribution >= 4 is 63.7 Å². The number of H-pyrrole nitrogens is 1. The molecule has 2 amide bonds. The molecule has 1 aromatic carbocycles. The molecule has 1 atom stereocenters. The summed E-state index contributed by atoms with van der Waals surface area (Å²) in [7, 11) is 1.56. The van der Waals surface area contributed by atoms with E-state index in [0.717, 1.165) is 49.2 Å². The number of aromatic nitrogens is 1. The Morgan fingerprint density at radius 2 is 2.17 bits per heavy atom. The van der Waals surface area contributed by atoms with Crippen molar-refractivity contribution in [1.29, 1.82) is 0 Å². The van der Waals surface area contributed by atoms with E-state index in [1.54, 1.807) is 14.0 Å². The molecule has 1 fully saturated rings. The highest BCUT2D eigenvalue weighted by Gasteiger charge is 2.28. The normalized spacial score (nSPS) is 19.7. The summed E-state index contributed by atoms with van der Waals surface area (Å²) < 4.78 is 5.64. The first-order valence-electron chi connectivity index (χ1n) is 9.57. The third-order valence-corrected chi connectivity index (χ3v) is 7.06. The molecule has 0 saturated carbocycles. The van der Waals surface area contributed by atoms with Crippen molar-refractivity contribution < 1.29 is 9.59 Å². The van der Waals surface area contributed by atoms with E-state index in [1.807, 2.05) is 11.0 Å². The SMILES string of the molecule is CNC(=O)c1[nH]c2c3c(cc(Cl)c2c1Cl)CN(CC1CCCN(C(C)=O)C1)SN3. The average Bonchev–Trinajstić information content (AvgIpc) is 3.05. The van der Waals surface area contributed by atoms with E-state index in [9.17, 15) is 9.59 Å². The zero-order chi connectivity index (χ0) is 20.7. The standard InChI is InChI=1S/C19H23Cl2N5O2S/c1-10(27)25-5-3-4-11(7-25)8-26-9-12-6-13(20)14-15(21)18(19(28)22-2)23-17(14)16(12)24-29-26/h6,11,23-24H,3-5,7-9H2,1-2H3,(H,22,28). The Morgan fingerprint density at radius 1 is 1.38 bits per heavy atom. The van der Waals surface area contributed by atoms with E-state index in [0.29, 0.717) is 33.6 Å². The molecule has 0 radical (unpaired) electrons. The third kappa shape index (κ3) is 3.91. The number of halogens is 2. The van der Waals surface area contributed by atoms with Gasteiger partial charge in [0.25, 0.3) is 5.91 Å². The summed E-state index contributed by atoms with van der Waals surface area (Å²) in [5.41, 5.74) is 2.99.